The second-order valence-electron chi connectivity index (χ2n) is 7.72. The van der Waals surface area contributed by atoms with Gasteiger partial charge in [0.15, 0.2) is 0 Å². The lowest BCUT2D eigenvalue weighted by Gasteiger charge is -2.32. The Labute approximate surface area is 187 Å². The van der Waals surface area contributed by atoms with E-state index < -0.39 is 22.5 Å². The number of carbonyl (C=O) groups excluding carboxylic acids is 2. The number of carbonyl (C=O) groups is 2. The average molecular weight is 450 g/mol. The molecule has 3 aromatic rings. The number of nitrogens with zero attached hydrogens (tertiary/aromatic N) is 2. The fraction of sp³-hybridized carbons (Fsp3) is 0.167. The van der Waals surface area contributed by atoms with E-state index in [-0.39, 0.29) is 17.3 Å². The van der Waals surface area contributed by atoms with Gasteiger partial charge in [-0.1, -0.05) is 36.4 Å². The summed E-state index contributed by atoms with van der Waals surface area (Å²) in [7, 11) is -4.03. The summed E-state index contributed by atoms with van der Waals surface area (Å²) in [5, 5.41) is 2.74. The highest BCUT2D eigenvalue weighted by Gasteiger charge is 2.32. The van der Waals surface area contributed by atoms with E-state index in [2.05, 4.69) is 5.32 Å². The van der Waals surface area contributed by atoms with Crippen molar-refractivity contribution in [3.8, 4) is 0 Å². The fourth-order valence-corrected chi connectivity index (χ4v) is 5.21. The van der Waals surface area contributed by atoms with Gasteiger partial charge < -0.3 is 5.32 Å². The van der Waals surface area contributed by atoms with E-state index >= 15 is 0 Å². The Bertz CT molecular complexity index is 1270. The van der Waals surface area contributed by atoms with E-state index in [1.54, 1.807) is 54.6 Å². The van der Waals surface area contributed by atoms with Crippen molar-refractivity contribution in [3.63, 3.8) is 0 Å². The summed E-state index contributed by atoms with van der Waals surface area (Å²) in [5.74, 6) is -0.827. The highest BCUT2D eigenvalue weighted by Crippen LogP contribution is 2.31. The summed E-state index contributed by atoms with van der Waals surface area (Å²) < 4.78 is 28.2. The third-order valence-electron chi connectivity index (χ3n) is 5.18. The summed E-state index contributed by atoms with van der Waals surface area (Å²) in [5.41, 5.74) is 3.21. The summed E-state index contributed by atoms with van der Waals surface area (Å²) in [6.45, 7) is 3.12. The van der Waals surface area contributed by atoms with Crippen molar-refractivity contribution in [1.29, 1.82) is 0 Å². The molecule has 0 bridgehead atoms. The van der Waals surface area contributed by atoms with Crippen LogP contribution >= 0.6 is 0 Å². The zero-order chi connectivity index (χ0) is 22.9. The Kier molecular flexibility index (Phi) is 5.71. The molecule has 0 fully saturated rings. The lowest BCUT2D eigenvalue weighted by atomic mass is 10.1. The maximum Gasteiger partial charge on any atom is 0.264 e. The number of rotatable bonds is 5. The number of benzene rings is 3. The van der Waals surface area contributed by atoms with Crippen LogP contribution in [0.25, 0.3) is 0 Å². The lowest BCUT2D eigenvalue weighted by Crippen LogP contribution is -2.48. The molecule has 0 saturated carbocycles. The minimum atomic E-state index is -4.03. The second-order valence-corrected chi connectivity index (χ2v) is 9.58. The molecular weight excluding hydrogens is 426 g/mol. The van der Waals surface area contributed by atoms with Crippen LogP contribution in [0.2, 0.25) is 0 Å². The topological polar surface area (TPSA) is 86.8 Å². The van der Waals surface area contributed by atoms with Crippen LogP contribution in [-0.2, 0) is 19.6 Å². The molecule has 164 valence electrons. The Hall–Kier alpha value is -3.65. The van der Waals surface area contributed by atoms with Crippen molar-refractivity contribution in [3.05, 3.63) is 83.9 Å². The highest BCUT2D eigenvalue weighted by atomic mass is 32.2. The Morgan fingerprint density at radius 3 is 2.28 bits per heavy atom. The Morgan fingerprint density at radius 2 is 1.59 bits per heavy atom. The molecule has 0 saturated heterocycles. The van der Waals surface area contributed by atoms with Gasteiger partial charge in [0.25, 0.3) is 10.0 Å². The zero-order valence-electron chi connectivity index (χ0n) is 17.8. The monoisotopic (exact) mass is 449 g/mol. The molecule has 0 atom stereocenters. The highest BCUT2D eigenvalue weighted by molar-refractivity contribution is 7.92. The van der Waals surface area contributed by atoms with E-state index in [0.717, 1.165) is 15.4 Å². The van der Waals surface area contributed by atoms with Crippen molar-refractivity contribution < 1.29 is 18.0 Å². The number of aryl methyl sites for hydroxylation is 2. The maximum absolute atomic E-state index is 13.6. The standard InChI is InChI=1S/C24H23N3O4S/c1-17-12-18(2)14-19(13-17)27(32(30,31)20-8-4-3-5-9-20)16-24(29)26-15-23(28)25-21-10-6-7-11-22(21)26/h3-14H,15-16H2,1-2H3,(H,25,28). The molecule has 2 amide bonds. The van der Waals surface area contributed by atoms with Crippen LogP contribution in [0, 0.1) is 13.8 Å². The van der Waals surface area contributed by atoms with Crippen molar-refractivity contribution in [1.82, 2.24) is 0 Å². The quantitative estimate of drug-likeness (QED) is 0.646. The molecule has 1 N–H and O–H groups in total. The van der Waals surface area contributed by atoms with E-state index in [9.17, 15) is 18.0 Å². The number of para-hydroxylation sites is 2. The van der Waals surface area contributed by atoms with E-state index in [1.165, 1.54) is 17.0 Å². The van der Waals surface area contributed by atoms with Crippen molar-refractivity contribution in [2.45, 2.75) is 18.7 Å². The van der Waals surface area contributed by atoms with Gasteiger partial charge in [-0.15, -0.1) is 0 Å². The first kappa shape index (κ1) is 21.6. The molecule has 4 rings (SSSR count). The number of hydrogen-bond acceptors (Lipinski definition) is 4. The molecule has 1 aliphatic heterocycles. The second kappa shape index (κ2) is 8.47. The van der Waals surface area contributed by atoms with Gasteiger partial charge in [0.1, 0.15) is 13.1 Å². The van der Waals surface area contributed by atoms with Gasteiger partial charge in [-0.05, 0) is 61.4 Å². The number of nitrogens with one attached hydrogen (secondary N) is 1. The van der Waals surface area contributed by atoms with Crippen LogP contribution in [0.5, 0.6) is 0 Å². The van der Waals surface area contributed by atoms with Crippen LogP contribution in [0.4, 0.5) is 17.1 Å². The van der Waals surface area contributed by atoms with Crippen LogP contribution in [0.15, 0.2) is 77.7 Å². The fourth-order valence-electron chi connectivity index (χ4n) is 3.79. The van der Waals surface area contributed by atoms with Crippen molar-refractivity contribution >= 4 is 38.9 Å². The van der Waals surface area contributed by atoms with Gasteiger partial charge in [0.2, 0.25) is 11.8 Å². The first-order chi connectivity index (χ1) is 15.3. The first-order valence-corrected chi connectivity index (χ1v) is 11.5. The SMILES string of the molecule is Cc1cc(C)cc(N(CC(=O)N2CC(=O)Nc3ccccc32)S(=O)(=O)c2ccccc2)c1. The third kappa shape index (κ3) is 4.22. The van der Waals surface area contributed by atoms with Gasteiger partial charge in [-0.2, -0.15) is 0 Å². The largest absolute Gasteiger partial charge is 0.323 e. The predicted octanol–water partition coefficient (Wildman–Crippen LogP) is 3.48. The summed E-state index contributed by atoms with van der Waals surface area (Å²) in [6, 6.07) is 20.4. The molecule has 0 aromatic heterocycles. The van der Waals surface area contributed by atoms with E-state index in [0.29, 0.717) is 17.1 Å². The average Bonchev–Trinajstić information content (AvgIpc) is 2.76. The number of fused-ring (bicyclic) bond motifs is 1. The number of sulfonamides is 1. The minimum Gasteiger partial charge on any atom is -0.323 e. The maximum atomic E-state index is 13.6. The molecule has 8 heteroatoms. The van der Waals surface area contributed by atoms with E-state index in [1.807, 2.05) is 19.9 Å². The Balaban J connectivity index is 1.76. The molecule has 1 heterocycles. The third-order valence-corrected chi connectivity index (χ3v) is 6.96. The summed E-state index contributed by atoms with van der Waals surface area (Å²) in [6.07, 6.45) is 0. The lowest BCUT2D eigenvalue weighted by molar-refractivity contribution is -0.121. The summed E-state index contributed by atoms with van der Waals surface area (Å²) in [4.78, 5) is 27.0. The smallest absolute Gasteiger partial charge is 0.264 e. The van der Waals surface area contributed by atoms with E-state index in [4.69, 9.17) is 0 Å². The number of amides is 2. The molecule has 0 spiro atoms. The minimum absolute atomic E-state index is 0.0868. The molecule has 0 aliphatic carbocycles. The van der Waals surface area contributed by atoms with Crippen molar-refractivity contribution in [2.75, 3.05) is 27.6 Å². The van der Waals surface area contributed by atoms with Gasteiger partial charge in [0.05, 0.1) is 22.0 Å². The molecular formula is C24H23N3O4S. The van der Waals surface area contributed by atoms with Crippen LogP contribution in [-0.4, -0.2) is 33.3 Å². The van der Waals surface area contributed by atoms with Gasteiger partial charge in [0, 0.05) is 0 Å². The van der Waals surface area contributed by atoms with Gasteiger partial charge >= 0.3 is 0 Å². The van der Waals surface area contributed by atoms with Crippen LogP contribution in [0.3, 0.4) is 0 Å². The molecule has 0 radical (unpaired) electrons. The number of anilines is 3. The van der Waals surface area contributed by atoms with Gasteiger partial charge in [-0.3, -0.25) is 18.8 Å². The Morgan fingerprint density at radius 1 is 0.969 bits per heavy atom. The van der Waals surface area contributed by atoms with Crippen LogP contribution in [0.1, 0.15) is 11.1 Å². The van der Waals surface area contributed by atoms with Gasteiger partial charge in [-0.25, -0.2) is 8.42 Å². The molecule has 32 heavy (non-hydrogen) atoms. The predicted molar refractivity (Wildman–Crippen MR) is 124 cm³/mol. The summed E-state index contributed by atoms with van der Waals surface area (Å²) >= 11 is 0. The number of hydrogen-bond donors (Lipinski definition) is 1. The molecule has 3 aromatic carbocycles. The normalized spacial score (nSPS) is 13.3. The molecule has 0 unspecified atom stereocenters. The molecule has 1 aliphatic rings. The van der Waals surface area contributed by atoms with Crippen LogP contribution < -0.4 is 14.5 Å². The molecule has 7 nitrogen and oxygen atoms in total. The zero-order valence-corrected chi connectivity index (χ0v) is 18.6. The van der Waals surface area contributed by atoms with Crippen molar-refractivity contribution in [2.24, 2.45) is 0 Å². The first-order valence-electron chi connectivity index (χ1n) is 10.1.